The fraction of sp³-hybridized carbons (Fsp3) is 0.467. The number of likely N-dealkylation sites (N-methyl/N-ethyl adjacent to an activating group) is 1. The number of hydrogen-bond donors (Lipinski definition) is 0. The van der Waals surface area contributed by atoms with E-state index in [4.69, 9.17) is 0 Å². The van der Waals surface area contributed by atoms with E-state index in [9.17, 15) is 27.2 Å². The van der Waals surface area contributed by atoms with Gasteiger partial charge in [0.15, 0.2) is 6.61 Å². The largest absolute Gasteiger partial charge is 0.440 e. The fourth-order valence-electron chi connectivity index (χ4n) is 2.53. The first-order valence-electron chi connectivity index (χ1n) is 7.23. The summed E-state index contributed by atoms with van der Waals surface area (Å²) in [6.07, 6.45) is -5.12. The molecule has 0 spiro atoms. The van der Waals surface area contributed by atoms with Gasteiger partial charge in [0.05, 0.1) is 5.69 Å². The third kappa shape index (κ3) is 4.15. The zero-order valence-electron chi connectivity index (χ0n) is 12.8. The molecule has 0 aromatic heterocycles. The van der Waals surface area contributed by atoms with Gasteiger partial charge in [-0.25, -0.2) is 9.18 Å². The van der Waals surface area contributed by atoms with Crippen LogP contribution in [0.25, 0.3) is 0 Å². The molecule has 0 N–H and O–H groups in total. The normalized spacial score (nSPS) is 17.7. The summed E-state index contributed by atoms with van der Waals surface area (Å²) in [7, 11) is 1.35. The number of benzene rings is 1. The molecular formula is C15H16F4N2O3. The van der Waals surface area contributed by atoms with Crippen LogP contribution >= 0.6 is 0 Å². The number of alkyl halides is 3. The molecule has 0 aliphatic carbocycles. The van der Waals surface area contributed by atoms with Gasteiger partial charge in [-0.05, 0) is 25.0 Å². The van der Waals surface area contributed by atoms with Crippen molar-refractivity contribution in [3.63, 3.8) is 0 Å². The Bertz CT molecular complexity index is 621. The number of carbonyl (C=O) groups excluding carboxylic acids is 2. The molecule has 1 aromatic rings. The van der Waals surface area contributed by atoms with Gasteiger partial charge in [-0.1, -0.05) is 12.1 Å². The van der Waals surface area contributed by atoms with Gasteiger partial charge in [0, 0.05) is 13.6 Å². The van der Waals surface area contributed by atoms with Crippen LogP contribution in [0.5, 0.6) is 0 Å². The van der Waals surface area contributed by atoms with Crippen molar-refractivity contribution in [3.05, 3.63) is 30.1 Å². The van der Waals surface area contributed by atoms with E-state index in [0.717, 1.165) is 9.80 Å². The molecule has 5 nitrogen and oxygen atoms in total. The smallest absolute Gasteiger partial charge is 0.422 e. The molecule has 1 heterocycles. The van der Waals surface area contributed by atoms with E-state index in [-0.39, 0.29) is 18.7 Å². The highest BCUT2D eigenvalue weighted by atomic mass is 19.4. The lowest BCUT2D eigenvalue weighted by atomic mass is 10.2. The van der Waals surface area contributed by atoms with Gasteiger partial charge in [0.25, 0.3) is 0 Å². The van der Waals surface area contributed by atoms with Crippen molar-refractivity contribution >= 4 is 17.7 Å². The predicted molar refractivity (Wildman–Crippen MR) is 76.9 cm³/mol. The maximum absolute atomic E-state index is 13.8. The molecule has 2 amide bonds. The average Bonchev–Trinajstić information content (AvgIpc) is 3.00. The molecule has 9 heteroatoms. The van der Waals surface area contributed by atoms with Gasteiger partial charge in [-0.2, -0.15) is 13.2 Å². The summed E-state index contributed by atoms with van der Waals surface area (Å²) in [6.45, 7) is -1.61. The first-order chi connectivity index (χ1) is 11.2. The second-order valence-electron chi connectivity index (χ2n) is 5.37. The summed E-state index contributed by atoms with van der Waals surface area (Å²) in [6, 6.07) is 4.62. The quantitative estimate of drug-likeness (QED) is 0.789. The number of amides is 2. The van der Waals surface area contributed by atoms with Crippen molar-refractivity contribution in [3.8, 4) is 0 Å². The third-order valence-electron chi connectivity index (χ3n) is 3.68. The number of hydrogen-bond acceptors (Lipinski definition) is 3. The van der Waals surface area contributed by atoms with E-state index in [1.165, 1.54) is 25.2 Å². The van der Waals surface area contributed by atoms with E-state index in [0.29, 0.717) is 6.42 Å². The minimum Gasteiger partial charge on any atom is -0.440 e. The van der Waals surface area contributed by atoms with Crippen molar-refractivity contribution in [1.82, 2.24) is 4.90 Å². The lowest BCUT2D eigenvalue weighted by Crippen LogP contribution is -2.47. The number of halogens is 4. The molecule has 1 atom stereocenters. The zero-order chi connectivity index (χ0) is 17.9. The van der Waals surface area contributed by atoms with Crippen LogP contribution in [-0.2, 0) is 9.53 Å². The van der Waals surface area contributed by atoms with Crippen LogP contribution in [0.15, 0.2) is 24.3 Å². The molecule has 0 saturated carbocycles. The summed E-state index contributed by atoms with van der Waals surface area (Å²) in [5.74, 6) is -1.20. The van der Waals surface area contributed by atoms with E-state index in [1.807, 2.05) is 0 Å². The Morgan fingerprint density at radius 1 is 1.33 bits per heavy atom. The molecule has 1 aliphatic heterocycles. The Kier molecular flexibility index (Phi) is 5.30. The van der Waals surface area contributed by atoms with Gasteiger partial charge in [-0.3, -0.25) is 9.69 Å². The molecule has 1 unspecified atom stereocenters. The zero-order valence-corrected chi connectivity index (χ0v) is 12.8. The van der Waals surface area contributed by atoms with Crippen LogP contribution in [0.2, 0.25) is 0 Å². The van der Waals surface area contributed by atoms with Gasteiger partial charge in [-0.15, -0.1) is 0 Å². The van der Waals surface area contributed by atoms with Crippen molar-refractivity contribution in [2.45, 2.75) is 25.1 Å². The molecule has 1 aromatic carbocycles. The second kappa shape index (κ2) is 7.06. The maximum Gasteiger partial charge on any atom is 0.422 e. The Morgan fingerprint density at radius 2 is 2.00 bits per heavy atom. The Labute approximate surface area is 135 Å². The number of anilines is 1. The molecule has 1 aliphatic rings. The topological polar surface area (TPSA) is 49.9 Å². The number of nitrogens with zero attached hydrogens (tertiary/aromatic N) is 2. The number of ether oxygens (including phenoxy) is 1. The summed E-state index contributed by atoms with van der Waals surface area (Å²) in [4.78, 5) is 26.3. The SMILES string of the molecule is CN(C(=O)C1CCCN1C(=O)OCC(F)(F)F)c1ccccc1F. The van der Waals surface area contributed by atoms with Crippen LogP contribution in [-0.4, -0.2) is 49.3 Å². The van der Waals surface area contributed by atoms with E-state index in [1.54, 1.807) is 6.07 Å². The van der Waals surface area contributed by atoms with E-state index in [2.05, 4.69) is 4.74 Å². The summed E-state index contributed by atoms with van der Waals surface area (Å²) < 4.78 is 54.4. The summed E-state index contributed by atoms with van der Waals surface area (Å²) >= 11 is 0. The van der Waals surface area contributed by atoms with Crippen LogP contribution in [0.3, 0.4) is 0 Å². The van der Waals surface area contributed by atoms with Crippen LogP contribution < -0.4 is 4.90 Å². The van der Waals surface area contributed by atoms with Crippen molar-refractivity contribution in [1.29, 1.82) is 0 Å². The first-order valence-corrected chi connectivity index (χ1v) is 7.23. The molecule has 1 fully saturated rings. The van der Waals surface area contributed by atoms with Crippen LogP contribution in [0.1, 0.15) is 12.8 Å². The minimum atomic E-state index is -4.64. The number of rotatable bonds is 3. The van der Waals surface area contributed by atoms with E-state index < -0.39 is 36.6 Å². The molecule has 1 saturated heterocycles. The summed E-state index contributed by atoms with van der Waals surface area (Å²) in [5, 5.41) is 0. The van der Waals surface area contributed by atoms with Crippen molar-refractivity contribution in [2.75, 3.05) is 25.1 Å². The molecular weight excluding hydrogens is 332 g/mol. The molecule has 132 valence electrons. The fourth-order valence-corrected chi connectivity index (χ4v) is 2.53. The highest BCUT2D eigenvalue weighted by Gasteiger charge is 2.39. The van der Waals surface area contributed by atoms with Gasteiger partial charge in [0.2, 0.25) is 5.91 Å². The van der Waals surface area contributed by atoms with Crippen LogP contribution in [0, 0.1) is 5.82 Å². The Morgan fingerprint density at radius 3 is 2.62 bits per heavy atom. The second-order valence-corrected chi connectivity index (χ2v) is 5.37. The monoisotopic (exact) mass is 348 g/mol. The lowest BCUT2D eigenvalue weighted by Gasteiger charge is -2.27. The first kappa shape index (κ1) is 18.0. The number of carbonyl (C=O) groups is 2. The van der Waals surface area contributed by atoms with Gasteiger partial charge < -0.3 is 9.64 Å². The van der Waals surface area contributed by atoms with Crippen molar-refractivity contribution < 1.29 is 31.9 Å². The standard InChI is InChI=1S/C15H16F4N2O3/c1-20(11-6-3-2-5-10(11)16)13(22)12-7-4-8-21(12)14(23)24-9-15(17,18)19/h2-3,5-6,12H,4,7-9H2,1H3. The van der Waals surface area contributed by atoms with Gasteiger partial charge in [0.1, 0.15) is 11.9 Å². The molecule has 0 radical (unpaired) electrons. The molecule has 2 rings (SSSR count). The number of likely N-dealkylation sites (tertiary alicyclic amines) is 1. The number of para-hydroxylation sites is 1. The molecule has 0 bridgehead atoms. The lowest BCUT2D eigenvalue weighted by molar-refractivity contribution is -0.162. The van der Waals surface area contributed by atoms with Crippen LogP contribution in [0.4, 0.5) is 28.0 Å². The maximum atomic E-state index is 13.8. The van der Waals surface area contributed by atoms with E-state index >= 15 is 0 Å². The highest BCUT2D eigenvalue weighted by Crippen LogP contribution is 2.25. The van der Waals surface area contributed by atoms with Crippen molar-refractivity contribution in [2.24, 2.45) is 0 Å². The molecule has 24 heavy (non-hydrogen) atoms. The Hall–Kier alpha value is -2.32. The average molecular weight is 348 g/mol. The highest BCUT2D eigenvalue weighted by molar-refractivity contribution is 5.98. The summed E-state index contributed by atoms with van der Waals surface area (Å²) in [5.41, 5.74) is 0.0259. The third-order valence-corrected chi connectivity index (χ3v) is 3.68. The minimum absolute atomic E-state index is 0.0259. The Balaban J connectivity index is 2.08. The van der Waals surface area contributed by atoms with Gasteiger partial charge >= 0.3 is 12.3 Å². The predicted octanol–water partition coefficient (Wildman–Crippen LogP) is 2.95.